The van der Waals surface area contributed by atoms with Crippen LogP contribution in [0.2, 0.25) is 0 Å². The predicted molar refractivity (Wildman–Crippen MR) is 144 cm³/mol. The van der Waals surface area contributed by atoms with Crippen molar-refractivity contribution in [2.45, 2.75) is 44.6 Å². The minimum Gasteiger partial charge on any atom is -0.467 e. The monoisotopic (exact) mass is 509 g/mol. The number of thiazole rings is 1. The fraction of sp³-hybridized carbons (Fsp3) is 0.423. The van der Waals surface area contributed by atoms with E-state index >= 15 is 0 Å². The van der Waals surface area contributed by atoms with Crippen LogP contribution >= 0.6 is 23.6 Å². The summed E-state index contributed by atoms with van der Waals surface area (Å²) in [5, 5.41) is 10.1. The second-order valence-electron chi connectivity index (χ2n) is 9.09. The number of rotatable bonds is 6. The molecule has 184 valence electrons. The molecule has 0 aliphatic carbocycles. The van der Waals surface area contributed by atoms with Gasteiger partial charge >= 0.3 is 0 Å². The summed E-state index contributed by atoms with van der Waals surface area (Å²) in [6, 6.07) is 11.9. The number of amides is 1. The van der Waals surface area contributed by atoms with Gasteiger partial charge in [-0.25, -0.2) is 4.98 Å². The van der Waals surface area contributed by atoms with Crippen LogP contribution in [-0.4, -0.2) is 47.1 Å². The van der Waals surface area contributed by atoms with Crippen LogP contribution in [0.1, 0.15) is 59.3 Å². The number of nitrogens with one attached hydrogen (secondary N) is 2. The van der Waals surface area contributed by atoms with E-state index in [1.54, 1.807) is 17.6 Å². The number of benzene rings is 1. The summed E-state index contributed by atoms with van der Waals surface area (Å²) >= 11 is 7.15. The first-order chi connectivity index (χ1) is 17.2. The lowest BCUT2D eigenvalue weighted by atomic mass is 9.98. The number of para-hydroxylation sites is 2. The van der Waals surface area contributed by atoms with E-state index in [0.29, 0.717) is 18.2 Å². The fourth-order valence-corrected chi connectivity index (χ4v) is 6.00. The van der Waals surface area contributed by atoms with Crippen LogP contribution in [0.3, 0.4) is 0 Å². The molecule has 0 bridgehead atoms. The zero-order valence-electron chi connectivity index (χ0n) is 19.7. The van der Waals surface area contributed by atoms with Gasteiger partial charge in [-0.1, -0.05) is 12.1 Å². The van der Waals surface area contributed by atoms with Crippen LogP contribution in [0.15, 0.2) is 52.5 Å². The summed E-state index contributed by atoms with van der Waals surface area (Å²) in [4.78, 5) is 22.3. The van der Waals surface area contributed by atoms with E-state index in [2.05, 4.69) is 26.5 Å². The topological polar surface area (TPSA) is 73.6 Å². The predicted octanol–water partition coefficient (Wildman–Crippen LogP) is 5.23. The van der Waals surface area contributed by atoms with Crippen LogP contribution in [-0.2, 0) is 6.54 Å². The minimum atomic E-state index is -0.141. The molecule has 0 radical (unpaired) electrons. The zero-order valence-corrected chi connectivity index (χ0v) is 21.4. The Balaban J connectivity index is 1.15. The van der Waals surface area contributed by atoms with Gasteiger partial charge in [0.1, 0.15) is 11.5 Å². The number of nitrogens with zero attached hydrogens (tertiary/aromatic N) is 3. The van der Waals surface area contributed by atoms with Crippen molar-refractivity contribution in [3.8, 4) is 0 Å². The molecule has 35 heavy (non-hydrogen) atoms. The molecule has 0 atom stereocenters. The van der Waals surface area contributed by atoms with Crippen LogP contribution in [0.4, 0.5) is 11.4 Å². The number of anilines is 2. The maximum Gasteiger partial charge on any atom is 0.275 e. The molecule has 2 N–H and O–H groups in total. The molecule has 7 nitrogen and oxygen atoms in total. The molecular weight excluding hydrogens is 478 g/mol. The van der Waals surface area contributed by atoms with E-state index in [4.69, 9.17) is 21.6 Å². The minimum absolute atomic E-state index is 0.141. The third-order valence-corrected chi connectivity index (χ3v) is 8.14. The van der Waals surface area contributed by atoms with Crippen LogP contribution < -0.4 is 15.5 Å². The Kier molecular flexibility index (Phi) is 7.63. The average molecular weight is 510 g/mol. The summed E-state index contributed by atoms with van der Waals surface area (Å²) in [5.41, 5.74) is 2.45. The van der Waals surface area contributed by atoms with E-state index < -0.39 is 0 Å². The molecule has 0 unspecified atom stereocenters. The van der Waals surface area contributed by atoms with E-state index in [1.807, 2.05) is 35.7 Å². The molecule has 1 aromatic carbocycles. The summed E-state index contributed by atoms with van der Waals surface area (Å²) in [6.45, 7) is 4.41. The molecule has 4 heterocycles. The van der Waals surface area contributed by atoms with Crippen LogP contribution in [0, 0.1) is 0 Å². The Hall–Kier alpha value is -2.91. The Morgan fingerprint density at radius 3 is 2.66 bits per heavy atom. The molecule has 2 saturated heterocycles. The molecular formula is C26H31N5O2S2. The first kappa shape index (κ1) is 23.8. The standard InChI is InChI=1S/C26H31N5O2S2/c32-24(28-21-8-2-3-9-23(21)30-12-4-1-5-13-30)22-18-35-25(29-22)19-10-14-31(15-11-19)26(34)27-17-20-7-6-16-33-20/h2-3,6-9,16,18-19H,1,4-5,10-15,17H2,(H,27,34)(H,28,32). The van der Waals surface area contributed by atoms with E-state index in [-0.39, 0.29) is 5.91 Å². The van der Waals surface area contributed by atoms with Gasteiger partial charge in [0.25, 0.3) is 5.91 Å². The van der Waals surface area contributed by atoms with Gasteiger partial charge < -0.3 is 24.9 Å². The third-order valence-electron chi connectivity index (χ3n) is 6.73. The van der Waals surface area contributed by atoms with Gasteiger partial charge in [-0.15, -0.1) is 11.3 Å². The van der Waals surface area contributed by atoms with Crippen molar-refractivity contribution in [1.29, 1.82) is 0 Å². The molecule has 2 aliphatic heterocycles. The van der Waals surface area contributed by atoms with Crippen molar-refractivity contribution >= 4 is 45.9 Å². The molecule has 2 aliphatic rings. The molecule has 3 aromatic rings. The summed E-state index contributed by atoms with van der Waals surface area (Å²) < 4.78 is 5.36. The smallest absolute Gasteiger partial charge is 0.275 e. The molecule has 2 aromatic heterocycles. The average Bonchev–Trinajstić information content (AvgIpc) is 3.61. The Bertz CT molecular complexity index is 1130. The van der Waals surface area contributed by atoms with Gasteiger partial charge in [0.15, 0.2) is 5.11 Å². The zero-order chi connectivity index (χ0) is 24.0. The molecule has 2 fully saturated rings. The lowest BCUT2D eigenvalue weighted by Gasteiger charge is -2.33. The molecule has 5 rings (SSSR count). The van der Waals surface area contributed by atoms with Gasteiger partial charge in [0.2, 0.25) is 0 Å². The summed E-state index contributed by atoms with van der Waals surface area (Å²) in [6.07, 6.45) is 7.27. The largest absolute Gasteiger partial charge is 0.467 e. The van der Waals surface area contributed by atoms with Crippen molar-refractivity contribution in [3.63, 3.8) is 0 Å². The van der Waals surface area contributed by atoms with Crippen molar-refractivity contribution in [2.75, 3.05) is 36.4 Å². The maximum absolute atomic E-state index is 13.0. The number of carbonyl (C=O) groups excluding carboxylic acids is 1. The lowest BCUT2D eigenvalue weighted by molar-refractivity contribution is 0.102. The Morgan fingerprint density at radius 2 is 1.89 bits per heavy atom. The van der Waals surface area contributed by atoms with Crippen LogP contribution in [0.25, 0.3) is 0 Å². The van der Waals surface area contributed by atoms with Crippen molar-refractivity contribution < 1.29 is 9.21 Å². The van der Waals surface area contributed by atoms with Crippen molar-refractivity contribution in [1.82, 2.24) is 15.2 Å². The van der Waals surface area contributed by atoms with Crippen molar-refractivity contribution in [2.24, 2.45) is 0 Å². The molecule has 1 amide bonds. The first-order valence-corrected chi connectivity index (χ1v) is 13.6. The number of thiocarbonyl (C=S) groups is 1. The molecule has 9 heteroatoms. The quantitative estimate of drug-likeness (QED) is 0.441. The van der Waals surface area contributed by atoms with Gasteiger partial charge in [-0.05, 0) is 68.6 Å². The number of hydrogen-bond acceptors (Lipinski definition) is 6. The van der Waals surface area contributed by atoms with Crippen molar-refractivity contribution in [3.05, 3.63) is 64.5 Å². The number of likely N-dealkylation sites (tertiary alicyclic amines) is 1. The Labute approximate surface area is 215 Å². The highest BCUT2D eigenvalue weighted by atomic mass is 32.1. The Morgan fingerprint density at radius 1 is 1.09 bits per heavy atom. The van der Waals surface area contributed by atoms with Gasteiger partial charge in [0, 0.05) is 37.5 Å². The number of aromatic nitrogens is 1. The molecule has 0 saturated carbocycles. The third kappa shape index (κ3) is 5.85. The number of furan rings is 1. The summed E-state index contributed by atoms with van der Waals surface area (Å²) in [5.74, 6) is 1.08. The number of piperidine rings is 2. The normalized spacial score (nSPS) is 16.8. The highest BCUT2D eigenvalue weighted by Crippen LogP contribution is 2.32. The lowest BCUT2D eigenvalue weighted by Crippen LogP contribution is -2.43. The second kappa shape index (κ2) is 11.2. The van der Waals surface area contributed by atoms with E-state index in [1.165, 1.54) is 19.3 Å². The van der Waals surface area contributed by atoms with Gasteiger partial charge in [-0.3, -0.25) is 4.79 Å². The van der Waals surface area contributed by atoms with Crippen LogP contribution in [0.5, 0.6) is 0 Å². The summed E-state index contributed by atoms with van der Waals surface area (Å²) in [7, 11) is 0. The first-order valence-electron chi connectivity index (χ1n) is 12.3. The van der Waals surface area contributed by atoms with E-state index in [9.17, 15) is 4.79 Å². The van der Waals surface area contributed by atoms with Gasteiger partial charge in [0.05, 0.1) is 29.2 Å². The highest BCUT2D eigenvalue weighted by Gasteiger charge is 2.25. The number of hydrogen-bond donors (Lipinski definition) is 2. The van der Waals surface area contributed by atoms with Gasteiger partial charge in [-0.2, -0.15) is 0 Å². The number of carbonyl (C=O) groups is 1. The fourth-order valence-electron chi connectivity index (χ4n) is 4.77. The maximum atomic E-state index is 13.0. The second-order valence-corrected chi connectivity index (χ2v) is 10.4. The molecule has 0 spiro atoms. The SMILES string of the molecule is O=C(Nc1ccccc1N1CCCCC1)c1csc(C2CCN(C(=S)NCc3ccco3)CC2)n1. The van der Waals surface area contributed by atoms with E-state index in [0.717, 1.165) is 66.3 Å². The highest BCUT2D eigenvalue weighted by molar-refractivity contribution is 7.80.